The van der Waals surface area contributed by atoms with E-state index in [0.29, 0.717) is 0 Å². The van der Waals surface area contributed by atoms with E-state index in [1.54, 1.807) is 0 Å². The third-order valence-electron chi connectivity index (χ3n) is 2.58. The fourth-order valence-corrected chi connectivity index (χ4v) is 2.17. The predicted molar refractivity (Wildman–Crippen MR) is 72.9 cm³/mol. The van der Waals surface area contributed by atoms with Crippen molar-refractivity contribution in [1.82, 2.24) is 14.9 Å². The van der Waals surface area contributed by atoms with E-state index >= 15 is 0 Å². The number of nitrogens with zero attached hydrogens (tertiary/aromatic N) is 2. The van der Waals surface area contributed by atoms with E-state index in [2.05, 4.69) is 55.9 Å². The van der Waals surface area contributed by atoms with Gasteiger partial charge >= 0.3 is 0 Å². The van der Waals surface area contributed by atoms with Gasteiger partial charge in [-0.3, -0.25) is 0 Å². The minimum Gasteiger partial charge on any atom is -0.329 e. The number of hydrogen-bond donors (Lipinski definition) is 1. The number of nitrogens with one attached hydrogen (secondary N) is 1. The SMILES string of the molecule is CCNCc1nccn1Cc1cccc(Br)c1. The number of benzene rings is 1. The zero-order chi connectivity index (χ0) is 12.1. The highest BCUT2D eigenvalue weighted by Crippen LogP contribution is 2.13. The van der Waals surface area contributed by atoms with Crippen molar-refractivity contribution in [3.8, 4) is 0 Å². The lowest BCUT2D eigenvalue weighted by atomic mass is 10.2. The topological polar surface area (TPSA) is 29.9 Å². The smallest absolute Gasteiger partial charge is 0.122 e. The van der Waals surface area contributed by atoms with Crippen LogP contribution in [0.25, 0.3) is 0 Å². The fraction of sp³-hybridized carbons (Fsp3) is 0.308. The average Bonchev–Trinajstić information content (AvgIpc) is 2.74. The van der Waals surface area contributed by atoms with Crippen molar-refractivity contribution >= 4 is 15.9 Å². The molecular weight excluding hydrogens is 278 g/mol. The molecule has 1 aromatic heterocycles. The predicted octanol–water partition coefficient (Wildman–Crippen LogP) is 2.80. The first-order valence-corrected chi connectivity index (χ1v) is 6.54. The summed E-state index contributed by atoms with van der Waals surface area (Å²) in [5, 5.41) is 3.30. The number of rotatable bonds is 5. The van der Waals surface area contributed by atoms with Gasteiger partial charge in [0.1, 0.15) is 5.82 Å². The van der Waals surface area contributed by atoms with Crippen LogP contribution in [0.3, 0.4) is 0 Å². The van der Waals surface area contributed by atoms with E-state index < -0.39 is 0 Å². The molecule has 0 atom stereocenters. The standard InChI is InChI=1S/C13H16BrN3/c1-2-15-9-13-16-6-7-17(13)10-11-4-3-5-12(14)8-11/h3-8,15H,2,9-10H2,1H3. The van der Waals surface area contributed by atoms with Crippen LogP contribution in [0.1, 0.15) is 18.3 Å². The monoisotopic (exact) mass is 293 g/mol. The molecule has 0 unspecified atom stereocenters. The first-order valence-electron chi connectivity index (χ1n) is 5.74. The summed E-state index contributed by atoms with van der Waals surface area (Å²) >= 11 is 3.49. The van der Waals surface area contributed by atoms with Crippen LogP contribution >= 0.6 is 15.9 Å². The lowest BCUT2D eigenvalue weighted by Gasteiger charge is -2.08. The first-order chi connectivity index (χ1) is 8.29. The van der Waals surface area contributed by atoms with E-state index in [4.69, 9.17) is 0 Å². The molecule has 0 spiro atoms. The molecule has 2 aromatic rings. The Kier molecular flexibility index (Phi) is 4.34. The summed E-state index contributed by atoms with van der Waals surface area (Å²) in [6.45, 7) is 4.74. The van der Waals surface area contributed by atoms with Crippen molar-refractivity contribution in [1.29, 1.82) is 0 Å². The second kappa shape index (κ2) is 5.98. The highest BCUT2D eigenvalue weighted by molar-refractivity contribution is 9.10. The summed E-state index contributed by atoms with van der Waals surface area (Å²) in [5.41, 5.74) is 1.27. The highest BCUT2D eigenvalue weighted by atomic mass is 79.9. The van der Waals surface area contributed by atoms with Crippen molar-refractivity contribution in [3.05, 3.63) is 52.5 Å². The molecule has 0 amide bonds. The van der Waals surface area contributed by atoms with Crippen molar-refractivity contribution in [2.75, 3.05) is 6.54 Å². The third kappa shape index (κ3) is 3.41. The molecule has 0 saturated heterocycles. The molecule has 0 radical (unpaired) electrons. The minimum absolute atomic E-state index is 0.817. The van der Waals surface area contributed by atoms with Crippen molar-refractivity contribution < 1.29 is 0 Å². The summed E-state index contributed by atoms with van der Waals surface area (Å²) < 4.78 is 3.29. The maximum Gasteiger partial charge on any atom is 0.122 e. The molecule has 1 heterocycles. The van der Waals surface area contributed by atoms with Gasteiger partial charge in [-0.2, -0.15) is 0 Å². The van der Waals surface area contributed by atoms with Crippen LogP contribution in [0, 0.1) is 0 Å². The molecule has 1 N–H and O–H groups in total. The summed E-state index contributed by atoms with van der Waals surface area (Å²) in [5.74, 6) is 1.08. The fourth-order valence-electron chi connectivity index (χ4n) is 1.72. The zero-order valence-electron chi connectivity index (χ0n) is 9.86. The Bertz CT molecular complexity index is 479. The molecule has 90 valence electrons. The summed E-state index contributed by atoms with van der Waals surface area (Å²) in [4.78, 5) is 4.36. The molecule has 3 nitrogen and oxygen atoms in total. The van der Waals surface area contributed by atoms with Crippen LogP contribution in [-0.2, 0) is 13.1 Å². The van der Waals surface area contributed by atoms with Gasteiger partial charge in [0, 0.05) is 23.4 Å². The number of halogens is 1. The van der Waals surface area contributed by atoms with Gasteiger partial charge < -0.3 is 9.88 Å². The van der Waals surface area contributed by atoms with Crippen LogP contribution in [0.2, 0.25) is 0 Å². The van der Waals surface area contributed by atoms with Gasteiger partial charge in [0.2, 0.25) is 0 Å². The summed E-state index contributed by atoms with van der Waals surface area (Å²) in [6, 6.07) is 8.36. The highest BCUT2D eigenvalue weighted by Gasteiger charge is 2.02. The first kappa shape index (κ1) is 12.3. The maximum atomic E-state index is 4.36. The molecule has 0 fully saturated rings. The lowest BCUT2D eigenvalue weighted by Crippen LogP contribution is -2.16. The number of aromatic nitrogens is 2. The molecule has 0 aliphatic carbocycles. The number of hydrogen-bond acceptors (Lipinski definition) is 2. The molecule has 4 heteroatoms. The van der Waals surface area contributed by atoms with E-state index in [-0.39, 0.29) is 0 Å². The lowest BCUT2D eigenvalue weighted by molar-refractivity contribution is 0.639. The van der Waals surface area contributed by atoms with E-state index in [1.807, 2.05) is 18.5 Å². The molecule has 0 bridgehead atoms. The molecule has 0 saturated carbocycles. The quantitative estimate of drug-likeness (QED) is 0.919. The van der Waals surface area contributed by atoms with Gasteiger partial charge in [0.15, 0.2) is 0 Å². The molecule has 2 rings (SSSR count). The summed E-state index contributed by atoms with van der Waals surface area (Å²) in [7, 11) is 0. The van der Waals surface area contributed by atoms with Crippen molar-refractivity contribution in [3.63, 3.8) is 0 Å². The molecule has 0 aliphatic heterocycles. The van der Waals surface area contributed by atoms with Crippen molar-refractivity contribution in [2.45, 2.75) is 20.0 Å². The Balaban J connectivity index is 2.10. The van der Waals surface area contributed by atoms with Gasteiger partial charge in [-0.1, -0.05) is 35.0 Å². The third-order valence-corrected chi connectivity index (χ3v) is 3.07. The van der Waals surface area contributed by atoms with Gasteiger partial charge in [0.05, 0.1) is 6.54 Å². The van der Waals surface area contributed by atoms with E-state index in [9.17, 15) is 0 Å². The Morgan fingerprint density at radius 3 is 3.06 bits per heavy atom. The Morgan fingerprint density at radius 2 is 2.29 bits per heavy atom. The second-order valence-corrected chi connectivity index (χ2v) is 4.80. The van der Waals surface area contributed by atoms with E-state index in [1.165, 1.54) is 5.56 Å². The second-order valence-electron chi connectivity index (χ2n) is 3.88. The van der Waals surface area contributed by atoms with Crippen LogP contribution in [0.5, 0.6) is 0 Å². The van der Waals surface area contributed by atoms with Crippen molar-refractivity contribution in [2.24, 2.45) is 0 Å². The molecular formula is C13H16BrN3. The molecule has 0 aliphatic rings. The van der Waals surface area contributed by atoms with Crippen LogP contribution in [-0.4, -0.2) is 16.1 Å². The normalized spacial score (nSPS) is 10.7. The largest absolute Gasteiger partial charge is 0.329 e. The van der Waals surface area contributed by atoms with E-state index in [0.717, 1.165) is 29.9 Å². The van der Waals surface area contributed by atoms with Crippen LogP contribution in [0.4, 0.5) is 0 Å². The molecule has 1 aromatic carbocycles. The van der Waals surface area contributed by atoms with Gasteiger partial charge in [0.25, 0.3) is 0 Å². The van der Waals surface area contributed by atoms with Crippen LogP contribution < -0.4 is 5.32 Å². The zero-order valence-corrected chi connectivity index (χ0v) is 11.4. The maximum absolute atomic E-state index is 4.36. The number of imidazole rings is 1. The Hall–Kier alpha value is -1.13. The summed E-state index contributed by atoms with van der Waals surface area (Å²) in [6.07, 6.45) is 3.87. The minimum atomic E-state index is 0.817. The molecule has 17 heavy (non-hydrogen) atoms. The van der Waals surface area contributed by atoms with Gasteiger partial charge in [-0.05, 0) is 24.2 Å². The average molecular weight is 294 g/mol. The van der Waals surface area contributed by atoms with Crippen LogP contribution in [0.15, 0.2) is 41.1 Å². The Labute approximate surface area is 110 Å². The van der Waals surface area contributed by atoms with Gasteiger partial charge in [-0.15, -0.1) is 0 Å². The van der Waals surface area contributed by atoms with Gasteiger partial charge in [-0.25, -0.2) is 4.98 Å². The Morgan fingerprint density at radius 1 is 1.41 bits per heavy atom.